The zero-order valence-electron chi connectivity index (χ0n) is 10.1. The molecule has 16 heavy (non-hydrogen) atoms. The summed E-state index contributed by atoms with van der Waals surface area (Å²) in [4.78, 5) is 11.2. The van der Waals surface area contributed by atoms with Crippen LogP contribution >= 0.6 is 0 Å². The third kappa shape index (κ3) is 3.07. The SMILES string of the molecule is COC(=O)CC(CN)c1ccc(C)c(C)c1. The molecule has 0 bridgehead atoms. The Kier molecular flexibility index (Phi) is 4.50. The highest BCUT2D eigenvalue weighted by atomic mass is 16.5. The van der Waals surface area contributed by atoms with E-state index < -0.39 is 0 Å². The summed E-state index contributed by atoms with van der Waals surface area (Å²) in [6, 6.07) is 6.18. The molecule has 0 saturated heterocycles. The summed E-state index contributed by atoms with van der Waals surface area (Å²) < 4.78 is 4.66. The van der Waals surface area contributed by atoms with Gasteiger partial charge in [0.1, 0.15) is 0 Å². The van der Waals surface area contributed by atoms with Crippen LogP contribution in [-0.2, 0) is 9.53 Å². The van der Waals surface area contributed by atoms with E-state index in [2.05, 4.69) is 30.7 Å². The molecule has 88 valence electrons. The van der Waals surface area contributed by atoms with E-state index in [-0.39, 0.29) is 11.9 Å². The number of methoxy groups -OCH3 is 1. The van der Waals surface area contributed by atoms with Gasteiger partial charge in [0.15, 0.2) is 0 Å². The van der Waals surface area contributed by atoms with E-state index >= 15 is 0 Å². The zero-order chi connectivity index (χ0) is 12.1. The van der Waals surface area contributed by atoms with Crippen molar-refractivity contribution in [1.29, 1.82) is 0 Å². The molecule has 0 spiro atoms. The topological polar surface area (TPSA) is 52.3 Å². The molecule has 1 atom stereocenters. The van der Waals surface area contributed by atoms with Crippen LogP contribution in [0.2, 0.25) is 0 Å². The van der Waals surface area contributed by atoms with Gasteiger partial charge in [0.2, 0.25) is 0 Å². The molecular weight excluding hydrogens is 202 g/mol. The predicted octanol–water partition coefficient (Wildman–Crippen LogP) is 1.91. The van der Waals surface area contributed by atoms with Crippen molar-refractivity contribution in [2.75, 3.05) is 13.7 Å². The summed E-state index contributed by atoms with van der Waals surface area (Å²) in [5.41, 5.74) is 9.27. The van der Waals surface area contributed by atoms with E-state index in [1.165, 1.54) is 18.2 Å². The fraction of sp³-hybridized carbons (Fsp3) is 0.462. The molecule has 0 aliphatic heterocycles. The standard InChI is InChI=1S/C13H19NO2/c1-9-4-5-11(6-10(9)2)12(8-14)7-13(15)16-3/h4-6,12H,7-8,14H2,1-3H3. The first-order valence-corrected chi connectivity index (χ1v) is 5.42. The molecular formula is C13H19NO2. The average molecular weight is 221 g/mol. The molecule has 0 aromatic heterocycles. The number of aryl methyl sites for hydroxylation is 2. The Bertz CT molecular complexity index is 374. The smallest absolute Gasteiger partial charge is 0.306 e. The summed E-state index contributed by atoms with van der Waals surface area (Å²) in [5.74, 6) is -0.166. The van der Waals surface area contributed by atoms with Gasteiger partial charge in [-0.2, -0.15) is 0 Å². The van der Waals surface area contributed by atoms with Crippen molar-refractivity contribution in [3.8, 4) is 0 Å². The van der Waals surface area contributed by atoms with Gasteiger partial charge in [-0.15, -0.1) is 0 Å². The van der Waals surface area contributed by atoms with Crippen molar-refractivity contribution in [2.45, 2.75) is 26.2 Å². The van der Waals surface area contributed by atoms with E-state index in [9.17, 15) is 4.79 Å². The van der Waals surface area contributed by atoms with Crippen LogP contribution in [0.5, 0.6) is 0 Å². The number of carbonyl (C=O) groups excluding carboxylic acids is 1. The molecule has 0 fully saturated rings. The molecule has 1 aromatic rings. The lowest BCUT2D eigenvalue weighted by Gasteiger charge is -2.15. The summed E-state index contributed by atoms with van der Waals surface area (Å²) in [6.07, 6.45) is 0.343. The molecule has 0 saturated carbocycles. The number of hydrogen-bond acceptors (Lipinski definition) is 3. The number of esters is 1. The van der Waals surface area contributed by atoms with Gasteiger partial charge in [0, 0.05) is 5.92 Å². The number of ether oxygens (including phenoxy) is 1. The van der Waals surface area contributed by atoms with Crippen LogP contribution in [0, 0.1) is 13.8 Å². The first-order chi connectivity index (χ1) is 7.58. The molecule has 0 aliphatic carbocycles. The average Bonchev–Trinajstić information content (AvgIpc) is 2.29. The Balaban J connectivity index is 2.86. The highest BCUT2D eigenvalue weighted by molar-refractivity contribution is 5.70. The van der Waals surface area contributed by atoms with Crippen LogP contribution in [0.15, 0.2) is 18.2 Å². The third-order valence-electron chi connectivity index (χ3n) is 2.93. The maximum Gasteiger partial charge on any atom is 0.306 e. The number of carbonyl (C=O) groups is 1. The molecule has 3 heteroatoms. The summed E-state index contributed by atoms with van der Waals surface area (Å²) in [7, 11) is 1.40. The Labute approximate surface area is 96.6 Å². The normalized spacial score (nSPS) is 12.2. The minimum atomic E-state index is -0.214. The first-order valence-electron chi connectivity index (χ1n) is 5.42. The van der Waals surface area contributed by atoms with Gasteiger partial charge in [-0.1, -0.05) is 18.2 Å². The third-order valence-corrected chi connectivity index (χ3v) is 2.93. The molecule has 3 nitrogen and oxygen atoms in total. The highest BCUT2D eigenvalue weighted by Crippen LogP contribution is 2.21. The van der Waals surface area contributed by atoms with Crippen molar-refractivity contribution in [2.24, 2.45) is 5.73 Å². The summed E-state index contributed by atoms with van der Waals surface area (Å²) in [6.45, 7) is 4.58. The van der Waals surface area contributed by atoms with Crippen LogP contribution in [0.4, 0.5) is 0 Å². The number of hydrogen-bond donors (Lipinski definition) is 1. The minimum absolute atomic E-state index is 0.0479. The fourth-order valence-electron chi connectivity index (χ4n) is 1.64. The van der Waals surface area contributed by atoms with Crippen LogP contribution in [0.3, 0.4) is 0 Å². The second kappa shape index (κ2) is 5.66. The molecule has 2 N–H and O–H groups in total. The van der Waals surface area contributed by atoms with Gasteiger partial charge in [0.05, 0.1) is 13.5 Å². The zero-order valence-corrected chi connectivity index (χ0v) is 10.1. The lowest BCUT2D eigenvalue weighted by Crippen LogP contribution is -2.17. The fourth-order valence-corrected chi connectivity index (χ4v) is 1.64. The summed E-state index contributed by atoms with van der Waals surface area (Å²) >= 11 is 0. The monoisotopic (exact) mass is 221 g/mol. The van der Waals surface area contributed by atoms with Crippen molar-refractivity contribution in [3.63, 3.8) is 0 Å². The molecule has 1 rings (SSSR count). The minimum Gasteiger partial charge on any atom is -0.469 e. The lowest BCUT2D eigenvalue weighted by molar-refractivity contribution is -0.141. The van der Waals surface area contributed by atoms with Gasteiger partial charge < -0.3 is 10.5 Å². The van der Waals surface area contributed by atoms with Gasteiger partial charge >= 0.3 is 5.97 Å². The second-order valence-electron chi connectivity index (χ2n) is 4.06. The van der Waals surface area contributed by atoms with Crippen molar-refractivity contribution >= 4 is 5.97 Å². The van der Waals surface area contributed by atoms with Crippen molar-refractivity contribution < 1.29 is 9.53 Å². The van der Waals surface area contributed by atoms with Crippen LogP contribution < -0.4 is 5.73 Å². The van der Waals surface area contributed by atoms with Gasteiger partial charge in [-0.05, 0) is 37.1 Å². The quantitative estimate of drug-likeness (QED) is 0.790. The van der Waals surface area contributed by atoms with E-state index in [4.69, 9.17) is 5.73 Å². The molecule has 0 aliphatic rings. The Morgan fingerprint density at radius 1 is 1.38 bits per heavy atom. The van der Waals surface area contributed by atoms with E-state index in [0.29, 0.717) is 13.0 Å². The number of benzene rings is 1. The first kappa shape index (κ1) is 12.7. The molecule has 1 unspecified atom stereocenters. The Hall–Kier alpha value is -1.35. The van der Waals surface area contributed by atoms with Crippen LogP contribution in [0.1, 0.15) is 29.0 Å². The van der Waals surface area contributed by atoms with Gasteiger partial charge in [-0.25, -0.2) is 0 Å². The Morgan fingerprint density at radius 3 is 2.56 bits per heavy atom. The molecule has 0 radical (unpaired) electrons. The maximum atomic E-state index is 11.2. The molecule has 1 aromatic carbocycles. The van der Waals surface area contributed by atoms with E-state index in [1.807, 2.05) is 6.07 Å². The van der Waals surface area contributed by atoms with Crippen LogP contribution in [0.25, 0.3) is 0 Å². The highest BCUT2D eigenvalue weighted by Gasteiger charge is 2.15. The second-order valence-corrected chi connectivity index (χ2v) is 4.06. The lowest BCUT2D eigenvalue weighted by atomic mass is 9.93. The molecule has 0 heterocycles. The summed E-state index contributed by atoms with van der Waals surface area (Å²) in [5, 5.41) is 0. The predicted molar refractivity (Wildman–Crippen MR) is 64.3 cm³/mol. The Morgan fingerprint density at radius 2 is 2.06 bits per heavy atom. The molecule has 0 amide bonds. The van der Waals surface area contributed by atoms with Gasteiger partial charge in [0.25, 0.3) is 0 Å². The largest absolute Gasteiger partial charge is 0.469 e. The maximum absolute atomic E-state index is 11.2. The number of rotatable bonds is 4. The van der Waals surface area contributed by atoms with Crippen LogP contribution in [-0.4, -0.2) is 19.6 Å². The van der Waals surface area contributed by atoms with E-state index in [1.54, 1.807) is 0 Å². The number of nitrogens with two attached hydrogens (primary N) is 1. The van der Waals surface area contributed by atoms with Crippen molar-refractivity contribution in [1.82, 2.24) is 0 Å². The van der Waals surface area contributed by atoms with Crippen molar-refractivity contribution in [3.05, 3.63) is 34.9 Å². The van der Waals surface area contributed by atoms with Gasteiger partial charge in [-0.3, -0.25) is 4.79 Å². The van der Waals surface area contributed by atoms with E-state index in [0.717, 1.165) is 5.56 Å².